The van der Waals surface area contributed by atoms with E-state index in [0.717, 1.165) is 6.07 Å². The molecule has 0 aliphatic rings. The second kappa shape index (κ2) is 3.43. The lowest BCUT2D eigenvalue weighted by molar-refractivity contribution is 0.0696. The molecular formula is C9H10FNO2. The predicted octanol–water partition coefficient (Wildman–Crippen LogP) is 1.67. The molecule has 0 saturated heterocycles. The Morgan fingerprint density at radius 2 is 2.23 bits per heavy atom. The first-order valence-electron chi connectivity index (χ1n) is 3.87. The molecule has 0 atom stereocenters. The fourth-order valence-corrected chi connectivity index (χ4v) is 1.15. The summed E-state index contributed by atoms with van der Waals surface area (Å²) in [6.45, 7) is 1.76. The van der Waals surface area contributed by atoms with Crippen molar-refractivity contribution >= 4 is 11.7 Å². The van der Waals surface area contributed by atoms with Gasteiger partial charge in [-0.3, -0.25) is 0 Å². The SMILES string of the molecule is CCc1c(N)cc(C(=O)O)cc1F. The number of nitrogen functional groups attached to an aromatic ring is 1. The summed E-state index contributed by atoms with van der Waals surface area (Å²) in [5.74, 6) is -1.73. The minimum Gasteiger partial charge on any atom is -0.478 e. The average molecular weight is 183 g/mol. The maximum Gasteiger partial charge on any atom is 0.335 e. The van der Waals surface area contributed by atoms with Gasteiger partial charge in [-0.25, -0.2) is 9.18 Å². The smallest absolute Gasteiger partial charge is 0.335 e. The van der Waals surface area contributed by atoms with Crippen LogP contribution in [0.1, 0.15) is 22.8 Å². The van der Waals surface area contributed by atoms with Crippen LogP contribution in [-0.4, -0.2) is 11.1 Å². The fourth-order valence-electron chi connectivity index (χ4n) is 1.15. The third kappa shape index (κ3) is 1.77. The molecule has 0 aliphatic heterocycles. The number of aromatic carboxylic acids is 1. The number of nitrogens with two attached hydrogens (primary N) is 1. The van der Waals surface area contributed by atoms with Crippen LogP contribution in [0.5, 0.6) is 0 Å². The molecule has 0 aliphatic carbocycles. The highest BCUT2D eigenvalue weighted by Crippen LogP contribution is 2.19. The standard InChI is InChI=1S/C9H10FNO2/c1-2-6-7(10)3-5(9(12)13)4-8(6)11/h3-4H,2,11H2,1H3,(H,12,13). The van der Waals surface area contributed by atoms with Gasteiger partial charge in [0.2, 0.25) is 0 Å². The molecule has 0 fully saturated rings. The minimum atomic E-state index is -1.17. The average Bonchev–Trinajstić information content (AvgIpc) is 2.03. The van der Waals surface area contributed by atoms with Crippen molar-refractivity contribution in [3.63, 3.8) is 0 Å². The second-order valence-corrected chi connectivity index (χ2v) is 2.68. The van der Waals surface area contributed by atoms with Crippen LogP contribution in [-0.2, 0) is 6.42 Å². The molecule has 13 heavy (non-hydrogen) atoms. The van der Waals surface area contributed by atoms with Crippen molar-refractivity contribution in [1.82, 2.24) is 0 Å². The van der Waals surface area contributed by atoms with E-state index in [-0.39, 0.29) is 11.3 Å². The third-order valence-electron chi connectivity index (χ3n) is 1.83. The highest BCUT2D eigenvalue weighted by atomic mass is 19.1. The zero-order valence-electron chi connectivity index (χ0n) is 7.17. The number of anilines is 1. The van der Waals surface area contributed by atoms with Crippen molar-refractivity contribution in [3.8, 4) is 0 Å². The number of rotatable bonds is 2. The first kappa shape index (κ1) is 9.51. The normalized spacial score (nSPS) is 10.0. The Labute approximate surface area is 75.0 Å². The van der Waals surface area contributed by atoms with Crippen molar-refractivity contribution in [2.24, 2.45) is 0 Å². The molecule has 0 spiro atoms. The molecule has 1 aromatic carbocycles. The predicted molar refractivity (Wildman–Crippen MR) is 47.1 cm³/mol. The molecule has 0 unspecified atom stereocenters. The quantitative estimate of drug-likeness (QED) is 0.685. The lowest BCUT2D eigenvalue weighted by Crippen LogP contribution is -2.03. The van der Waals surface area contributed by atoms with E-state index >= 15 is 0 Å². The largest absolute Gasteiger partial charge is 0.478 e. The van der Waals surface area contributed by atoms with Crippen LogP contribution in [0.4, 0.5) is 10.1 Å². The van der Waals surface area contributed by atoms with Crippen LogP contribution in [0, 0.1) is 5.82 Å². The number of hydrogen-bond acceptors (Lipinski definition) is 2. The summed E-state index contributed by atoms with van der Waals surface area (Å²) in [5, 5.41) is 8.58. The monoisotopic (exact) mass is 183 g/mol. The van der Waals surface area contributed by atoms with Crippen molar-refractivity contribution in [3.05, 3.63) is 29.1 Å². The molecule has 1 aromatic rings. The summed E-state index contributed by atoms with van der Waals surface area (Å²) < 4.78 is 13.1. The first-order valence-corrected chi connectivity index (χ1v) is 3.87. The van der Waals surface area contributed by atoms with E-state index in [1.165, 1.54) is 6.07 Å². The van der Waals surface area contributed by atoms with Crippen LogP contribution in [0.3, 0.4) is 0 Å². The van der Waals surface area contributed by atoms with Crippen molar-refractivity contribution in [2.45, 2.75) is 13.3 Å². The Morgan fingerprint density at radius 1 is 1.62 bits per heavy atom. The molecule has 0 amide bonds. The van der Waals surface area contributed by atoms with Gasteiger partial charge in [0.1, 0.15) is 5.82 Å². The zero-order valence-corrected chi connectivity index (χ0v) is 7.17. The fraction of sp³-hybridized carbons (Fsp3) is 0.222. The summed E-state index contributed by atoms with van der Waals surface area (Å²) in [5.41, 5.74) is 5.91. The van der Waals surface area contributed by atoms with Crippen LogP contribution >= 0.6 is 0 Å². The maximum absolute atomic E-state index is 13.1. The first-order chi connectivity index (χ1) is 6.06. The van der Waals surface area contributed by atoms with Gasteiger partial charge >= 0.3 is 5.97 Å². The number of benzene rings is 1. The highest BCUT2D eigenvalue weighted by molar-refractivity contribution is 5.89. The summed E-state index contributed by atoms with van der Waals surface area (Å²) in [7, 11) is 0. The van der Waals surface area contributed by atoms with Crippen molar-refractivity contribution in [2.75, 3.05) is 5.73 Å². The molecule has 3 nitrogen and oxygen atoms in total. The van der Waals surface area contributed by atoms with Crippen LogP contribution in [0.25, 0.3) is 0 Å². The zero-order chi connectivity index (χ0) is 10.0. The molecule has 70 valence electrons. The molecule has 0 aromatic heterocycles. The lowest BCUT2D eigenvalue weighted by atomic mass is 10.1. The Kier molecular flexibility index (Phi) is 2.51. The molecule has 0 heterocycles. The second-order valence-electron chi connectivity index (χ2n) is 2.68. The minimum absolute atomic E-state index is 0.118. The van der Waals surface area contributed by atoms with E-state index in [2.05, 4.69) is 0 Å². The molecule has 0 saturated carbocycles. The number of carbonyl (C=O) groups is 1. The lowest BCUT2D eigenvalue weighted by Gasteiger charge is -2.05. The molecular weight excluding hydrogens is 173 g/mol. The van der Waals surface area contributed by atoms with E-state index in [4.69, 9.17) is 10.8 Å². The van der Waals surface area contributed by atoms with Crippen molar-refractivity contribution < 1.29 is 14.3 Å². The molecule has 4 heteroatoms. The topological polar surface area (TPSA) is 63.3 Å². The van der Waals surface area contributed by atoms with Gasteiger partial charge < -0.3 is 10.8 Å². The molecule has 3 N–H and O–H groups in total. The van der Waals surface area contributed by atoms with E-state index in [9.17, 15) is 9.18 Å². The van der Waals surface area contributed by atoms with Gasteiger partial charge in [-0.15, -0.1) is 0 Å². The van der Waals surface area contributed by atoms with E-state index in [0.29, 0.717) is 12.0 Å². The number of carboxylic acids is 1. The van der Waals surface area contributed by atoms with E-state index in [1.807, 2.05) is 0 Å². The maximum atomic E-state index is 13.1. The Balaban J connectivity index is 3.28. The van der Waals surface area contributed by atoms with E-state index < -0.39 is 11.8 Å². The number of carboxylic acid groups (broad SMARTS) is 1. The van der Waals surface area contributed by atoms with Crippen LogP contribution < -0.4 is 5.73 Å². The van der Waals surface area contributed by atoms with Crippen molar-refractivity contribution in [1.29, 1.82) is 0 Å². The van der Waals surface area contributed by atoms with Crippen LogP contribution in [0.15, 0.2) is 12.1 Å². The summed E-state index contributed by atoms with van der Waals surface area (Å²) >= 11 is 0. The van der Waals surface area contributed by atoms with Gasteiger partial charge in [0.15, 0.2) is 0 Å². The Morgan fingerprint density at radius 3 is 2.62 bits per heavy atom. The summed E-state index contributed by atoms with van der Waals surface area (Å²) in [4.78, 5) is 10.5. The number of hydrogen-bond donors (Lipinski definition) is 2. The third-order valence-corrected chi connectivity index (χ3v) is 1.83. The summed E-state index contributed by atoms with van der Waals surface area (Å²) in [6, 6.07) is 2.25. The number of halogens is 1. The molecule has 1 rings (SSSR count). The Hall–Kier alpha value is -1.58. The van der Waals surface area contributed by atoms with E-state index in [1.54, 1.807) is 6.92 Å². The molecule has 0 radical (unpaired) electrons. The van der Waals surface area contributed by atoms with Gasteiger partial charge in [0.05, 0.1) is 5.56 Å². The Bertz CT molecular complexity index is 326. The van der Waals surface area contributed by atoms with Gasteiger partial charge in [0.25, 0.3) is 0 Å². The molecule has 0 bridgehead atoms. The van der Waals surface area contributed by atoms with Gasteiger partial charge in [-0.2, -0.15) is 0 Å². The van der Waals surface area contributed by atoms with Gasteiger partial charge in [0, 0.05) is 11.3 Å². The van der Waals surface area contributed by atoms with Crippen LogP contribution in [0.2, 0.25) is 0 Å². The highest BCUT2D eigenvalue weighted by Gasteiger charge is 2.10. The van der Waals surface area contributed by atoms with Gasteiger partial charge in [-0.05, 0) is 18.6 Å². The summed E-state index contributed by atoms with van der Waals surface area (Å²) in [6.07, 6.45) is 0.456. The van der Waals surface area contributed by atoms with Gasteiger partial charge in [-0.1, -0.05) is 6.92 Å².